The molecule has 0 bridgehead atoms. The van der Waals surface area contributed by atoms with E-state index in [4.69, 9.17) is 0 Å². The number of hydrogen-bond acceptors (Lipinski definition) is 3. The molecule has 0 aromatic carbocycles. The van der Waals surface area contributed by atoms with Crippen LogP contribution < -0.4 is 5.32 Å². The lowest BCUT2D eigenvalue weighted by atomic mass is 9.96. The fraction of sp³-hybridized carbons (Fsp3) is 0.900. The Bertz CT molecular complexity index is 237. The SMILES string of the molecule is CC(C)(C)N(C(=O)O)[C@H]1CCNC[C@H]1O. The van der Waals surface area contributed by atoms with E-state index in [9.17, 15) is 15.0 Å². The second kappa shape index (κ2) is 4.37. The summed E-state index contributed by atoms with van der Waals surface area (Å²) < 4.78 is 0. The highest BCUT2D eigenvalue weighted by molar-refractivity contribution is 5.66. The highest BCUT2D eigenvalue weighted by Gasteiger charge is 2.38. The van der Waals surface area contributed by atoms with Gasteiger partial charge in [-0.25, -0.2) is 4.79 Å². The van der Waals surface area contributed by atoms with Gasteiger partial charge < -0.3 is 15.5 Å². The lowest BCUT2D eigenvalue weighted by molar-refractivity contribution is -0.00589. The molecule has 1 rings (SSSR count). The molecule has 1 fully saturated rings. The third kappa shape index (κ3) is 2.82. The number of nitrogens with zero attached hydrogens (tertiary/aromatic N) is 1. The van der Waals surface area contributed by atoms with Gasteiger partial charge in [0.2, 0.25) is 0 Å². The number of aliphatic hydroxyl groups is 1. The second-order valence-corrected chi connectivity index (χ2v) is 4.95. The molecule has 88 valence electrons. The van der Waals surface area contributed by atoms with E-state index in [2.05, 4.69) is 5.32 Å². The van der Waals surface area contributed by atoms with Gasteiger partial charge in [-0.15, -0.1) is 0 Å². The quantitative estimate of drug-likeness (QED) is 0.596. The van der Waals surface area contributed by atoms with Crippen molar-refractivity contribution in [3.63, 3.8) is 0 Å². The fourth-order valence-corrected chi connectivity index (χ4v) is 2.06. The van der Waals surface area contributed by atoms with Gasteiger partial charge in [-0.2, -0.15) is 0 Å². The van der Waals surface area contributed by atoms with Crippen LogP contribution in [0, 0.1) is 0 Å². The largest absolute Gasteiger partial charge is 0.465 e. The average Bonchev–Trinajstić information content (AvgIpc) is 2.05. The molecule has 1 heterocycles. The molecule has 1 saturated heterocycles. The summed E-state index contributed by atoms with van der Waals surface area (Å²) in [6.07, 6.45) is -0.924. The topological polar surface area (TPSA) is 72.8 Å². The van der Waals surface area contributed by atoms with Crippen molar-refractivity contribution in [2.24, 2.45) is 0 Å². The predicted molar refractivity (Wildman–Crippen MR) is 56.9 cm³/mol. The van der Waals surface area contributed by atoms with Crippen LogP contribution in [-0.2, 0) is 0 Å². The molecule has 3 N–H and O–H groups in total. The van der Waals surface area contributed by atoms with Crippen molar-refractivity contribution in [1.29, 1.82) is 0 Å². The van der Waals surface area contributed by atoms with Crippen molar-refractivity contribution >= 4 is 6.09 Å². The molecular weight excluding hydrogens is 196 g/mol. The number of hydrogen-bond donors (Lipinski definition) is 3. The Morgan fingerprint density at radius 2 is 2.07 bits per heavy atom. The Kier molecular flexibility index (Phi) is 3.57. The maximum Gasteiger partial charge on any atom is 0.408 e. The molecule has 0 unspecified atom stereocenters. The summed E-state index contributed by atoms with van der Waals surface area (Å²) in [6.45, 7) is 6.74. The van der Waals surface area contributed by atoms with E-state index in [1.165, 1.54) is 4.90 Å². The number of piperidine rings is 1. The van der Waals surface area contributed by atoms with Gasteiger partial charge in [-0.05, 0) is 33.7 Å². The minimum atomic E-state index is -0.964. The molecule has 0 radical (unpaired) electrons. The van der Waals surface area contributed by atoms with E-state index in [1.54, 1.807) is 0 Å². The second-order valence-electron chi connectivity index (χ2n) is 4.95. The van der Waals surface area contributed by atoms with Crippen LogP contribution in [0.1, 0.15) is 27.2 Å². The van der Waals surface area contributed by atoms with Crippen LogP contribution in [-0.4, -0.2) is 52.0 Å². The minimum Gasteiger partial charge on any atom is -0.465 e. The highest BCUT2D eigenvalue weighted by Crippen LogP contribution is 2.22. The van der Waals surface area contributed by atoms with Gasteiger partial charge in [-0.1, -0.05) is 0 Å². The number of aliphatic hydroxyl groups excluding tert-OH is 1. The minimum absolute atomic E-state index is 0.302. The van der Waals surface area contributed by atoms with E-state index < -0.39 is 17.7 Å². The van der Waals surface area contributed by atoms with Crippen LogP contribution in [0.4, 0.5) is 4.79 Å². The molecule has 0 aliphatic carbocycles. The maximum absolute atomic E-state index is 11.2. The van der Waals surface area contributed by atoms with Gasteiger partial charge in [0.05, 0.1) is 12.1 Å². The van der Waals surface area contributed by atoms with Crippen molar-refractivity contribution in [2.75, 3.05) is 13.1 Å². The van der Waals surface area contributed by atoms with Crippen LogP contribution in [0.15, 0.2) is 0 Å². The van der Waals surface area contributed by atoms with E-state index in [1.807, 2.05) is 20.8 Å². The molecular formula is C10H20N2O3. The number of rotatable bonds is 1. The van der Waals surface area contributed by atoms with Crippen molar-refractivity contribution in [3.05, 3.63) is 0 Å². The predicted octanol–water partition coefficient (Wildman–Crippen LogP) is 0.488. The number of β-amino-alcohol motifs (C(OH)–C–C–N with tert-alkyl or cyclic N) is 1. The summed E-state index contributed by atoms with van der Waals surface area (Å²) >= 11 is 0. The number of carbonyl (C=O) groups is 1. The third-order valence-corrected chi connectivity index (χ3v) is 2.67. The zero-order valence-electron chi connectivity index (χ0n) is 9.53. The van der Waals surface area contributed by atoms with Crippen LogP contribution in [0.3, 0.4) is 0 Å². The molecule has 1 aliphatic heterocycles. The Hall–Kier alpha value is -0.810. The van der Waals surface area contributed by atoms with Gasteiger partial charge >= 0.3 is 6.09 Å². The summed E-state index contributed by atoms with van der Waals surface area (Å²) in [6, 6.07) is -0.302. The Balaban J connectivity index is 2.83. The van der Waals surface area contributed by atoms with Crippen LogP contribution in [0.2, 0.25) is 0 Å². The van der Waals surface area contributed by atoms with Gasteiger partial charge in [0.1, 0.15) is 0 Å². The van der Waals surface area contributed by atoms with E-state index in [-0.39, 0.29) is 6.04 Å². The van der Waals surface area contributed by atoms with Crippen molar-refractivity contribution in [2.45, 2.75) is 44.9 Å². The molecule has 5 heteroatoms. The van der Waals surface area contributed by atoms with E-state index in [0.29, 0.717) is 13.0 Å². The molecule has 0 aromatic rings. The van der Waals surface area contributed by atoms with Gasteiger partial charge in [-0.3, -0.25) is 4.90 Å². The summed E-state index contributed by atoms with van der Waals surface area (Å²) in [4.78, 5) is 12.5. The van der Waals surface area contributed by atoms with Crippen LogP contribution in [0.5, 0.6) is 0 Å². The summed E-state index contributed by atoms with van der Waals surface area (Å²) in [7, 11) is 0. The highest BCUT2D eigenvalue weighted by atomic mass is 16.4. The van der Waals surface area contributed by atoms with Crippen LogP contribution >= 0.6 is 0 Å². The van der Waals surface area contributed by atoms with Gasteiger partial charge in [0.25, 0.3) is 0 Å². The van der Waals surface area contributed by atoms with Crippen molar-refractivity contribution < 1.29 is 15.0 Å². The zero-order chi connectivity index (χ0) is 11.6. The first kappa shape index (κ1) is 12.3. The number of nitrogens with one attached hydrogen (secondary N) is 1. The Morgan fingerprint density at radius 3 is 2.47 bits per heavy atom. The average molecular weight is 216 g/mol. The number of amides is 1. The molecule has 0 saturated carbocycles. The fourth-order valence-electron chi connectivity index (χ4n) is 2.06. The summed E-state index contributed by atoms with van der Waals surface area (Å²) in [5.74, 6) is 0. The summed E-state index contributed by atoms with van der Waals surface area (Å²) in [5, 5.41) is 22.0. The van der Waals surface area contributed by atoms with Gasteiger partial charge in [0, 0.05) is 12.1 Å². The molecule has 1 amide bonds. The number of carboxylic acid groups (broad SMARTS) is 1. The molecule has 2 atom stereocenters. The lowest BCUT2D eigenvalue weighted by Gasteiger charge is -2.43. The first-order valence-corrected chi connectivity index (χ1v) is 5.25. The molecule has 5 nitrogen and oxygen atoms in total. The molecule has 1 aliphatic rings. The molecule has 0 aromatic heterocycles. The third-order valence-electron chi connectivity index (χ3n) is 2.67. The van der Waals surface area contributed by atoms with Crippen molar-refractivity contribution in [3.8, 4) is 0 Å². The lowest BCUT2D eigenvalue weighted by Crippen LogP contribution is -2.60. The Morgan fingerprint density at radius 1 is 1.47 bits per heavy atom. The summed E-state index contributed by atoms with van der Waals surface area (Å²) in [5.41, 5.74) is -0.477. The zero-order valence-corrected chi connectivity index (χ0v) is 9.53. The monoisotopic (exact) mass is 216 g/mol. The van der Waals surface area contributed by atoms with Gasteiger partial charge in [0.15, 0.2) is 0 Å². The standard InChI is InChI=1S/C10H20N2O3/c1-10(2,3)12(9(14)15)7-4-5-11-6-8(7)13/h7-8,11,13H,4-6H2,1-3H3,(H,14,15)/t7-,8+/m0/s1. The Labute approximate surface area is 90.1 Å². The maximum atomic E-state index is 11.2. The smallest absolute Gasteiger partial charge is 0.408 e. The van der Waals surface area contributed by atoms with E-state index in [0.717, 1.165) is 6.54 Å². The van der Waals surface area contributed by atoms with Crippen LogP contribution in [0.25, 0.3) is 0 Å². The molecule has 15 heavy (non-hydrogen) atoms. The molecule has 0 spiro atoms. The first-order valence-electron chi connectivity index (χ1n) is 5.25. The first-order chi connectivity index (χ1) is 6.84. The van der Waals surface area contributed by atoms with Crippen molar-refractivity contribution in [1.82, 2.24) is 10.2 Å². The van der Waals surface area contributed by atoms with E-state index >= 15 is 0 Å². The normalized spacial score (nSPS) is 27.5.